The second-order valence-corrected chi connectivity index (χ2v) is 3.41. The molecule has 1 amide bonds. The summed E-state index contributed by atoms with van der Waals surface area (Å²) in [4.78, 5) is 11.8. The van der Waals surface area contributed by atoms with Crippen LogP contribution in [0.1, 0.15) is 6.42 Å². The highest BCUT2D eigenvalue weighted by Crippen LogP contribution is 1.94. The number of carbonyl (C=O) groups excluding carboxylic acids is 1. The predicted octanol–water partition coefficient (Wildman–Crippen LogP) is -1.03. The topological polar surface area (TPSA) is 74.4 Å². The molecule has 0 radical (unpaired) electrons. The van der Waals surface area contributed by atoms with Gasteiger partial charge in [0.2, 0.25) is 0 Å². The van der Waals surface area contributed by atoms with E-state index < -0.39 is 0 Å². The van der Waals surface area contributed by atoms with E-state index in [1.807, 2.05) is 0 Å². The zero-order valence-corrected chi connectivity index (χ0v) is 11.2. The first-order chi connectivity index (χ1) is 8.71. The lowest BCUT2D eigenvalue weighted by Crippen LogP contribution is -2.38. The molecule has 0 spiro atoms. The molecule has 0 aromatic carbocycles. The Labute approximate surface area is 109 Å². The highest BCUT2D eigenvalue weighted by atomic mass is 16.5. The lowest BCUT2D eigenvalue weighted by Gasteiger charge is -2.16. The van der Waals surface area contributed by atoms with E-state index in [0.717, 1.165) is 6.42 Å². The van der Waals surface area contributed by atoms with Crippen LogP contribution in [-0.2, 0) is 9.53 Å². The highest BCUT2D eigenvalue weighted by Gasteiger charge is 2.12. The van der Waals surface area contributed by atoms with Crippen LogP contribution in [0.15, 0.2) is 11.5 Å². The van der Waals surface area contributed by atoms with Crippen molar-refractivity contribution in [1.82, 2.24) is 21.3 Å². The Morgan fingerprint density at radius 3 is 2.50 bits per heavy atom. The molecule has 0 saturated carbocycles. The van der Waals surface area contributed by atoms with Gasteiger partial charge in [-0.15, -0.1) is 6.42 Å². The van der Waals surface area contributed by atoms with E-state index in [1.54, 1.807) is 21.2 Å². The Morgan fingerprint density at radius 2 is 2.00 bits per heavy atom. The van der Waals surface area contributed by atoms with Gasteiger partial charge in [0.25, 0.3) is 5.91 Å². The molecule has 0 aromatic heterocycles. The summed E-state index contributed by atoms with van der Waals surface area (Å²) in [5.41, 5.74) is 0.421. The van der Waals surface area contributed by atoms with Gasteiger partial charge in [0, 0.05) is 34.4 Å². The van der Waals surface area contributed by atoms with Gasteiger partial charge in [0.05, 0.1) is 6.54 Å². The fraction of sp³-hybridized carbons (Fsp3) is 0.583. The van der Waals surface area contributed by atoms with Crippen molar-refractivity contribution < 1.29 is 9.53 Å². The first kappa shape index (κ1) is 16.1. The van der Waals surface area contributed by atoms with Crippen LogP contribution in [0.3, 0.4) is 0 Å². The molecule has 0 aromatic rings. The van der Waals surface area contributed by atoms with Gasteiger partial charge in [-0.3, -0.25) is 4.79 Å². The molecule has 0 rings (SSSR count). The van der Waals surface area contributed by atoms with E-state index in [1.165, 1.54) is 0 Å². The maximum absolute atomic E-state index is 11.8. The summed E-state index contributed by atoms with van der Waals surface area (Å²) >= 11 is 0. The molecule has 6 heteroatoms. The standard InChI is InChI=1S/C12H22N4O2/c1-5-7-16-12(17)10(13-2)11(14-3)15-8-6-9-18-4/h1,13-15H,6-9H2,2-4H3,(H,16,17)/b11-10+. The zero-order chi connectivity index (χ0) is 13.8. The van der Waals surface area contributed by atoms with Gasteiger partial charge >= 0.3 is 0 Å². The van der Waals surface area contributed by atoms with Gasteiger partial charge in [-0.2, -0.15) is 0 Å². The third-order valence-electron chi connectivity index (χ3n) is 2.16. The van der Waals surface area contributed by atoms with Crippen molar-refractivity contribution in [1.29, 1.82) is 0 Å². The Morgan fingerprint density at radius 1 is 1.28 bits per heavy atom. The molecule has 0 bridgehead atoms. The number of terminal acetylenes is 1. The van der Waals surface area contributed by atoms with Crippen LogP contribution in [0.2, 0.25) is 0 Å². The smallest absolute Gasteiger partial charge is 0.271 e. The largest absolute Gasteiger partial charge is 0.385 e. The van der Waals surface area contributed by atoms with Crippen LogP contribution < -0.4 is 21.3 Å². The third kappa shape index (κ3) is 6.01. The molecule has 0 atom stereocenters. The summed E-state index contributed by atoms with van der Waals surface area (Å²) in [5, 5.41) is 11.5. The maximum atomic E-state index is 11.8. The number of likely N-dealkylation sites (N-methyl/N-ethyl adjacent to an activating group) is 1. The van der Waals surface area contributed by atoms with E-state index in [4.69, 9.17) is 11.2 Å². The maximum Gasteiger partial charge on any atom is 0.271 e. The Balaban J connectivity index is 4.51. The summed E-state index contributed by atoms with van der Waals surface area (Å²) in [6.45, 7) is 1.57. The lowest BCUT2D eigenvalue weighted by molar-refractivity contribution is -0.117. The highest BCUT2D eigenvalue weighted by molar-refractivity contribution is 5.93. The molecule has 0 aliphatic heterocycles. The number of carbonyl (C=O) groups is 1. The minimum atomic E-state index is -0.251. The number of methoxy groups -OCH3 is 1. The number of rotatable bonds is 9. The predicted molar refractivity (Wildman–Crippen MR) is 71.5 cm³/mol. The number of hydrogen-bond acceptors (Lipinski definition) is 5. The average Bonchev–Trinajstić information content (AvgIpc) is 2.39. The van der Waals surface area contributed by atoms with Crippen molar-refractivity contribution in [2.24, 2.45) is 0 Å². The van der Waals surface area contributed by atoms with Gasteiger partial charge in [-0.05, 0) is 6.42 Å². The van der Waals surface area contributed by atoms with Gasteiger partial charge in [0.1, 0.15) is 11.5 Å². The molecule has 0 unspecified atom stereocenters. The number of hydrogen-bond donors (Lipinski definition) is 4. The van der Waals surface area contributed by atoms with Gasteiger partial charge in [-0.25, -0.2) is 0 Å². The molecule has 0 fully saturated rings. The van der Waals surface area contributed by atoms with Gasteiger partial charge < -0.3 is 26.0 Å². The van der Waals surface area contributed by atoms with Crippen LogP contribution in [0.25, 0.3) is 0 Å². The first-order valence-electron chi connectivity index (χ1n) is 5.75. The molecule has 0 heterocycles. The van der Waals surface area contributed by atoms with Gasteiger partial charge in [-0.1, -0.05) is 5.92 Å². The quantitative estimate of drug-likeness (QED) is 0.240. The lowest BCUT2D eigenvalue weighted by atomic mass is 10.3. The number of nitrogens with one attached hydrogen (secondary N) is 4. The Bertz CT molecular complexity index is 321. The summed E-state index contributed by atoms with van der Waals surface area (Å²) in [5.74, 6) is 2.73. The van der Waals surface area contributed by atoms with Crippen molar-refractivity contribution >= 4 is 5.91 Å². The van der Waals surface area contributed by atoms with Crippen LogP contribution >= 0.6 is 0 Å². The second-order valence-electron chi connectivity index (χ2n) is 3.41. The van der Waals surface area contributed by atoms with E-state index in [2.05, 4.69) is 27.2 Å². The third-order valence-corrected chi connectivity index (χ3v) is 2.16. The molecule has 102 valence electrons. The minimum absolute atomic E-state index is 0.199. The molecule has 4 N–H and O–H groups in total. The molecule has 0 aliphatic carbocycles. The summed E-state index contributed by atoms with van der Waals surface area (Å²) in [6.07, 6.45) is 5.95. The monoisotopic (exact) mass is 254 g/mol. The SMILES string of the molecule is C#CCNC(=O)/C(NC)=C(/NC)NCCCOC. The molecular weight excluding hydrogens is 232 g/mol. The van der Waals surface area contributed by atoms with Crippen LogP contribution in [0.5, 0.6) is 0 Å². The van der Waals surface area contributed by atoms with Crippen molar-refractivity contribution in [2.45, 2.75) is 6.42 Å². The summed E-state index contributed by atoms with van der Waals surface area (Å²) < 4.78 is 4.95. The van der Waals surface area contributed by atoms with Crippen molar-refractivity contribution in [2.75, 3.05) is 40.9 Å². The molecule has 6 nitrogen and oxygen atoms in total. The van der Waals surface area contributed by atoms with Crippen molar-refractivity contribution in [3.63, 3.8) is 0 Å². The molecule has 0 aliphatic rings. The summed E-state index contributed by atoms with van der Waals surface area (Å²) in [6, 6.07) is 0. The van der Waals surface area contributed by atoms with E-state index in [9.17, 15) is 4.79 Å². The van der Waals surface area contributed by atoms with E-state index in [-0.39, 0.29) is 12.5 Å². The normalized spacial score (nSPS) is 11.0. The zero-order valence-electron chi connectivity index (χ0n) is 11.2. The van der Waals surface area contributed by atoms with Crippen molar-refractivity contribution in [3.8, 4) is 12.3 Å². The summed E-state index contributed by atoms with van der Waals surface area (Å²) in [7, 11) is 5.07. The average molecular weight is 254 g/mol. The van der Waals surface area contributed by atoms with Crippen molar-refractivity contribution in [3.05, 3.63) is 11.5 Å². The molecule has 18 heavy (non-hydrogen) atoms. The number of ether oxygens (including phenoxy) is 1. The Hall–Kier alpha value is -1.87. The fourth-order valence-electron chi connectivity index (χ4n) is 1.30. The van der Waals surface area contributed by atoms with Crippen LogP contribution in [0.4, 0.5) is 0 Å². The van der Waals surface area contributed by atoms with Gasteiger partial charge in [0.15, 0.2) is 0 Å². The van der Waals surface area contributed by atoms with E-state index in [0.29, 0.717) is 24.7 Å². The molecular formula is C12H22N4O2. The second kappa shape index (κ2) is 10.3. The Kier molecular flexibility index (Phi) is 9.23. The molecule has 0 saturated heterocycles. The number of amides is 1. The minimum Gasteiger partial charge on any atom is -0.385 e. The van der Waals surface area contributed by atoms with E-state index >= 15 is 0 Å². The fourth-order valence-corrected chi connectivity index (χ4v) is 1.30. The van der Waals surface area contributed by atoms with Crippen LogP contribution in [-0.4, -0.2) is 46.8 Å². The van der Waals surface area contributed by atoms with Crippen LogP contribution in [0, 0.1) is 12.3 Å². The first-order valence-corrected chi connectivity index (χ1v) is 5.75.